The summed E-state index contributed by atoms with van der Waals surface area (Å²) < 4.78 is 5.65. The number of para-hydroxylation sites is 1. The smallest absolute Gasteiger partial charge is 0.189 e. The highest BCUT2D eigenvalue weighted by Gasteiger charge is 2.07. The predicted molar refractivity (Wildman–Crippen MR) is 111 cm³/mol. The van der Waals surface area contributed by atoms with E-state index in [4.69, 9.17) is 17.0 Å². The molecule has 2 aromatic heterocycles. The summed E-state index contributed by atoms with van der Waals surface area (Å²) in [5, 5.41) is 9.66. The molecule has 0 radical (unpaired) electrons. The molecule has 0 saturated heterocycles. The molecule has 0 bridgehead atoms. The Bertz CT molecular complexity index is 852. The van der Waals surface area contributed by atoms with Crippen molar-refractivity contribution in [2.45, 2.75) is 13.3 Å². The summed E-state index contributed by atoms with van der Waals surface area (Å²) in [6, 6.07) is 11.9. The van der Waals surface area contributed by atoms with Crippen molar-refractivity contribution in [2.24, 2.45) is 0 Å². The second-order valence-corrected chi connectivity index (χ2v) is 6.72. The number of aromatic nitrogens is 2. The lowest BCUT2D eigenvalue weighted by molar-refractivity contribution is 0.336. The van der Waals surface area contributed by atoms with Gasteiger partial charge in [-0.05, 0) is 49.3 Å². The van der Waals surface area contributed by atoms with E-state index < -0.39 is 0 Å². The maximum atomic E-state index is 5.65. The van der Waals surface area contributed by atoms with E-state index in [2.05, 4.69) is 26.7 Å². The average molecular weight is 385 g/mol. The van der Waals surface area contributed by atoms with Crippen molar-refractivity contribution in [3.63, 3.8) is 0 Å². The van der Waals surface area contributed by atoms with Crippen molar-refractivity contribution in [3.05, 3.63) is 59.7 Å². The van der Waals surface area contributed by atoms with Gasteiger partial charge < -0.3 is 15.4 Å². The van der Waals surface area contributed by atoms with Crippen LogP contribution < -0.4 is 15.4 Å². The fraction of sp³-hybridized carbons (Fsp3) is 0.211. The molecule has 7 heteroatoms. The van der Waals surface area contributed by atoms with Gasteiger partial charge in [-0.15, -0.1) is 11.3 Å². The number of anilines is 1. The number of hydrogen-bond acceptors (Lipinski definition) is 5. The van der Waals surface area contributed by atoms with Crippen LogP contribution in [0.15, 0.2) is 54.2 Å². The molecule has 0 fully saturated rings. The lowest BCUT2D eigenvalue weighted by Crippen LogP contribution is -2.30. The summed E-state index contributed by atoms with van der Waals surface area (Å²) in [5.41, 5.74) is 3.04. The first kappa shape index (κ1) is 18.3. The lowest BCUT2D eigenvalue weighted by atomic mass is 10.1. The topological polar surface area (TPSA) is 59.1 Å². The Morgan fingerprint density at radius 1 is 1.23 bits per heavy atom. The van der Waals surface area contributed by atoms with Gasteiger partial charge in [0.25, 0.3) is 0 Å². The Hall–Kier alpha value is -2.51. The Morgan fingerprint density at radius 2 is 2.12 bits per heavy atom. The Balaban J connectivity index is 1.50. The molecule has 134 valence electrons. The number of nitrogens with one attached hydrogen (secondary N) is 2. The number of hydrogen-bond donors (Lipinski definition) is 2. The zero-order chi connectivity index (χ0) is 18.2. The second kappa shape index (κ2) is 9.26. The first-order valence-electron chi connectivity index (χ1n) is 8.37. The Kier molecular flexibility index (Phi) is 6.51. The molecular weight excluding hydrogens is 364 g/mol. The van der Waals surface area contributed by atoms with Crippen LogP contribution >= 0.6 is 23.6 Å². The largest absolute Gasteiger partial charge is 0.494 e. The van der Waals surface area contributed by atoms with Crippen LogP contribution in [0.2, 0.25) is 0 Å². The number of pyridine rings is 1. The first-order chi connectivity index (χ1) is 12.8. The van der Waals surface area contributed by atoms with Crippen LogP contribution in [0.25, 0.3) is 11.3 Å². The minimum absolute atomic E-state index is 0.561. The molecule has 0 saturated carbocycles. The van der Waals surface area contributed by atoms with E-state index in [1.807, 2.05) is 42.6 Å². The third-order valence-corrected chi connectivity index (χ3v) is 4.64. The molecule has 0 spiro atoms. The van der Waals surface area contributed by atoms with Crippen LogP contribution in [0.4, 0.5) is 5.13 Å². The van der Waals surface area contributed by atoms with Gasteiger partial charge in [0.2, 0.25) is 0 Å². The van der Waals surface area contributed by atoms with Gasteiger partial charge in [-0.3, -0.25) is 4.98 Å². The van der Waals surface area contributed by atoms with E-state index in [9.17, 15) is 0 Å². The number of benzene rings is 1. The molecule has 0 aliphatic carbocycles. The van der Waals surface area contributed by atoms with Gasteiger partial charge in [0, 0.05) is 29.9 Å². The molecule has 2 heterocycles. The SMILES string of the molecule is CCOc1ccccc1CCNC(=S)Nc1nc(-c2cccnc2)cs1. The molecule has 0 unspecified atom stereocenters. The van der Waals surface area contributed by atoms with Gasteiger partial charge in [0.05, 0.1) is 12.3 Å². The van der Waals surface area contributed by atoms with Gasteiger partial charge in [-0.2, -0.15) is 0 Å². The predicted octanol–water partition coefficient (Wildman–Crippen LogP) is 4.13. The van der Waals surface area contributed by atoms with Crippen molar-refractivity contribution < 1.29 is 4.74 Å². The van der Waals surface area contributed by atoms with Gasteiger partial charge in [-0.1, -0.05) is 18.2 Å². The standard InChI is InChI=1S/C19H20N4OS2/c1-2-24-17-8-4-3-6-14(17)9-11-21-18(25)23-19-22-16(13-26-19)15-7-5-10-20-12-15/h3-8,10,12-13H,2,9,11H2,1H3,(H2,21,22,23,25). The number of ether oxygens (including phenoxy) is 1. The number of rotatable bonds is 7. The molecule has 0 aliphatic heterocycles. The molecule has 0 aliphatic rings. The van der Waals surface area contributed by atoms with Crippen molar-refractivity contribution in [2.75, 3.05) is 18.5 Å². The zero-order valence-corrected chi connectivity index (χ0v) is 16.1. The molecular formula is C19H20N4OS2. The second-order valence-electron chi connectivity index (χ2n) is 5.45. The highest BCUT2D eigenvalue weighted by atomic mass is 32.1. The highest BCUT2D eigenvalue weighted by Crippen LogP contribution is 2.24. The van der Waals surface area contributed by atoms with Crippen LogP contribution in [-0.2, 0) is 6.42 Å². The van der Waals surface area contributed by atoms with E-state index in [1.165, 1.54) is 11.3 Å². The molecule has 1 aromatic carbocycles. The molecule has 26 heavy (non-hydrogen) atoms. The third kappa shape index (κ3) is 5.00. The van der Waals surface area contributed by atoms with Crippen molar-refractivity contribution in [1.29, 1.82) is 0 Å². The maximum absolute atomic E-state index is 5.65. The fourth-order valence-corrected chi connectivity index (χ4v) is 3.42. The van der Waals surface area contributed by atoms with Gasteiger partial charge in [0.15, 0.2) is 10.2 Å². The van der Waals surface area contributed by atoms with Crippen LogP contribution in [0.1, 0.15) is 12.5 Å². The maximum Gasteiger partial charge on any atom is 0.189 e. The lowest BCUT2D eigenvalue weighted by Gasteiger charge is -2.11. The zero-order valence-electron chi connectivity index (χ0n) is 14.4. The van der Waals surface area contributed by atoms with E-state index in [0.717, 1.165) is 40.7 Å². The summed E-state index contributed by atoms with van der Waals surface area (Å²) in [5.74, 6) is 0.928. The van der Waals surface area contributed by atoms with E-state index >= 15 is 0 Å². The van der Waals surface area contributed by atoms with Crippen LogP contribution in [-0.4, -0.2) is 28.2 Å². The summed E-state index contributed by atoms with van der Waals surface area (Å²) >= 11 is 6.88. The minimum Gasteiger partial charge on any atom is -0.494 e. The highest BCUT2D eigenvalue weighted by molar-refractivity contribution is 7.80. The number of nitrogens with zero attached hydrogens (tertiary/aromatic N) is 2. The quantitative estimate of drug-likeness (QED) is 0.597. The fourth-order valence-electron chi connectivity index (χ4n) is 2.44. The Labute approximate surface area is 162 Å². The molecule has 2 N–H and O–H groups in total. The minimum atomic E-state index is 0.561. The molecule has 3 aromatic rings. The van der Waals surface area contributed by atoms with Crippen LogP contribution in [0.5, 0.6) is 5.75 Å². The third-order valence-electron chi connectivity index (χ3n) is 3.63. The Morgan fingerprint density at radius 3 is 2.92 bits per heavy atom. The van der Waals surface area contributed by atoms with Crippen LogP contribution in [0.3, 0.4) is 0 Å². The van der Waals surface area contributed by atoms with E-state index in [-0.39, 0.29) is 0 Å². The number of thiazole rings is 1. The monoisotopic (exact) mass is 384 g/mol. The van der Waals surface area contributed by atoms with E-state index in [1.54, 1.807) is 12.4 Å². The summed E-state index contributed by atoms with van der Waals surface area (Å²) in [6.07, 6.45) is 4.37. The average Bonchev–Trinajstić information content (AvgIpc) is 3.12. The van der Waals surface area contributed by atoms with Crippen molar-refractivity contribution >= 4 is 33.8 Å². The summed E-state index contributed by atoms with van der Waals surface area (Å²) in [6.45, 7) is 3.37. The van der Waals surface area contributed by atoms with Crippen LogP contribution in [0, 0.1) is 0 Å². The summed E-state index contributed by atoms with van der Waals surface area (Å²) in [7, 11) is 0. The molecule has 5 nitrogen and oxygen atoms in total. The molecule has 0 amide bonds. The summed E-state index contributed by atoms with van der Waals surface area (Å²) in [4.78, 5) is 8.66. The molecule has 3 rings (SSSR count). The van der Waals surface area contributed by atoms with E-state index in [0.29, 0.717) is 11.7 Å². The first-order valence-corrected chi connectivity index (χ1v) is 9.66. The molecule has 0 atom stereocenters. The van der Waals surface area contributed by atoms with Gasteiger partial charge >= 0.3 is 0 Å². The number of thiocarbonyl (C=S) groups is 1. The normalized spacial score (nSPS) is 10.3. The van der Waals surface area contributed by atoms with Gasteiger partial charge in [-0.25, -0.2) is 4.98 Å². The van der Waals surface area contributed by atoms with Gasteiger partial charge in [0.1, 0.15) is 5.75 Å². The van der Waals surface area contributed by atoms with Crippen molar-refractivity contribution in [3.8, 4) is 17.0 Å². The van der Waals surface area contributed by atoms with Crippen molar-refractivity contribution in [1.82, 2.24) is 15.3 Å².